The van der Waals surface area contributed by atoms with Crippen LogP contribution >= 0.6 is 0 Å². The van der Waals surface area contributed by atoms with Gasteiger partial charge in [-0.05, 0) is 36.2 Å². The number of benzene rings is 2. The van der Waals surface area contributed by atoms with Gasteiger partial charge >= 0.3 is 12.1 Å². The van der Waals surface area contributed by atoms with Crippen LogP contribution in [0.3, 0.4) is 0 Å². The fraction of sp³-hybridized carbons (Fsp3) is 0.458. The number of alkyl halides is 3. The van der Waals surface area contributed by atoms with Crippen LogP contribution in [0.15, 0.2) is 54.6 Å². The van der Waals surface area contributed by atoms with Crippen molar-refractivity contribution in [2.24, 2.45) is 0 Å². The molecule has 7 heteroatoms. The summed E-state index contributed by atoms with van der Waals surface area (Å²) in [5.41, 5.74) is 1.26. The number of hydrogen-bond donors (Lipinski definition) is 0. The fourth-order valence-corrected chi connectivity index (χ4v) is 2.87. The van der Waals surface area contributed by atoms with Gasteiger partial charge in [0.15, 0.2) is 6.10 Å². The van der Waals surface area contributed by atoms with Crippen molar-refractivity contribution in [3.63, 3.8) is 0 Å². The molecule has 0 aliphatic heterocycles. The summed E-state index contributed by atoms with van der Waals surface area (Å²) in [7, 11) is 0. The van der Waals surface area contributed by atoms with E-state index in [1.165, 1.54) is 12.1 Å². The van der Waals surface area contributed by atoms with E-state index in [2.05, 4.69) is 0 Å². The van der Waals surface area contributed by atoms with Crippen LogP contribution in [-0.2, 0) is 16.1 Å². The Morgan fingerprint density at radius 1 is 0.935 bits per heavy atom. The highest BCUT2D eigenvalue weighted by Crippen LogP contribution is 2.26. The summed E-state index contributed by atoms with van der Waals surface area (Å²) in [5, 5.41) is 0. The minimum absolute atomic E-state index is 0.0442. The zero-order valence-electron chi connectivity index (χ0n) is 17.7. The molecule has 2 aromatic carbocycles. The maximum atomic E-state index is 13.1. The summed E-state index contributed by atoms with van der Waals surface area (Å²) in [5.74, 6) is -0.104. The molecule has 1 unspecified atom stereocenters. The molecule has 1 atom stereocenters. The van der Waals surface area contributed by atoms with Gasteiger partial charge in [-0.1, -0.05) is 56.5 Å². The first-order valence-corrected chi connectivity index (χ1v) is 10.5. The molecule has 0 amide bonds. The first-order chi connectivity index (χ1) is 14.9. The highest BCUT2D eigenvalue weighted by atomic mass is 19.4. The lowest BCUT2D eigenvalue weighted by molar-refractivity contribution is -0.224. The number of carbonyl (C=O) groups excluding carboxylic acids is 1. The van der Waals surface area contributed by atoms with Crippen LogP contribution < -0.4 is 4.74 Å². The van der Waals surface area contributed by atoms with E-state index in [4.69, 9.17) is 14.2 Å². The Balaban J connectivity index is 1.75. The van der Waals surface area contributed by atoms with Gasteiger partial charge in [0.05, 0.1) is 12.2 Å². The summed E-state index contributed by atoms with van der Waals surface area (Å²) >= 11 is 0. The SMILES string of the molecule is CCCCCCOC(CCOC(=O)c1ccc(OCc2ccccc2)cc1)C(F)(F)F. The molecule has 0 radical (unpaired) electrons. The predicted molar refractivity (Wildman–Crippen MR) is 112 cm³/mol. The Kier molecular flexibility index (Phi) is 10.4. The van der Waals surface area contributed by atoms with E-state index in [1.54, 1.807) is 12.1 Å². The van der Waals surface area contributed by atoms with E-state index >= 15 is 0 Å². The van der Waals surface area contributed by atoms with Crippen LogP contribution in [0.4, 0.5) is 13.2 Å². The molecule has 2 aromatic rings. The second kappa shape index (κ2) is 13.0. The number of ether oxygens (including phenoxy) is 3. The number of carbonyl (C=O) groups is 1. The Labute approximate surface area is 181 Å². The molecule has 0 saturated carbocycles. The second-order valence-electron chi connectivity index (χ2n) is 7.18. The minimum atomic E-state index is -4.49. The molecule has 0 aliphatic carbocycles. The Morgan fingerprint density at radius 2 is 1.65 bits per heavy atom. The van der Waals surface area contributed by atoms with E-state index in [0.29, 0.717) is 18.8 Å². The standard InChI is InChI=1S/C24H29F3O4/c1-2-3-4-8-16-29-22(24(25,26)27)15-17-30-23(28)20-11-13-21(14-12-20)31-18-19-9-6-5-7-10-19/h5-7,9-14,22H,2-4,8,15-18H2,1H3. The highest BCUT2D eigenvalue weighted by molar-refractivity contribution is 5.89. The van der Waals surface area contributed by atoms with Crippen LogP contribution in [0.2, 0.25) is 0 Å². The Hall–Kier alpha value is -2.54. The zero-order valence-corrected chi connectivity index (χ0v) is 17.7. The summed E-state index contributed by atoms with van der Waals surface area (Å²) in [6.07, 6.45) is -3.47. The average molecular weight is 438 g/mol. The first-order valence-electron chi connectivity index (χ1n) is 10.5. The maximum absolute atomic E-state index is 13.1. The van der Waals surface area contributed by atoms with Gasteiger partial charge in [-0.25, -0.2) is 4.79 Å². The topological polar surface area (TPSA) is 44.8 Å². The van der Waals surface area contributed by atoms with E-state index in [0.717, 1.165) is 24.8 Å². The summed E-state index contributed by atoms with van der Waals surface area (Å²) in [6, 6.07) is 15.9. The van der Waals surface area contributed by atoms with E-state index in [1.807, 2.05) is 37.3 Å². The fourth-order valence-electron chi connectivity index (χ4n) is 2.87. The van der Waals surface area contributed by atoms with Gasteiger partial charge < -0.3 is 14.2 Å². The smallest absolute Gasteiger partial charge is 0.414 e. The Bertz CT molecular complexity index is 761. The van der Waals surface area contributed by atoms with Crippen molar-refractivity contribution in [1.82, 2.24) is 0 Å². The molecule has 4 nitrogen and oxygen atoms in total. The quantitative estimate of drug-likeness (QED) is 0.270. The molecule has 0 fully saturated rings. The van der Waals surface area contributed by atoms with E-state index in [-0.39, 0.29) is 18.8 Å². The third-order valence-corrected chi connectivity index (χ3v) is 4.63. The van der Waals surface area contributed by atoms with E-state index in [9.17, 15) is 18.0 Å². The van der Waals surface area contributed by atoms with Crippen molar-refractivity contribution < 1.29 is 32.2 Å². The molecule has 0 N–H and O–H groups in total. The van der Waals surface area contributed by atoms with Crippen LogP contribution in [0.5, 0.6) is 5.75 Å². The summed E-state index contributed by atoms with van der Waals surface area (Å²) in [4.78, 5) is 12.1. The minimum Gasteiger partial charge on any atom is -0.489 e. The first kappa shape index (κ1) is 24.7. The number of unbranched alkanes of at least 4 members (excludes halogenated alkanes) is 3. The Morgan fingerprint density at radius 3 is 2.29 bits per heavy atom. The molecule has 0 spiro atoms. The van der Waals surface area contributed by atoms with Crippen molar-refractivity contribution in [3.8, 4) is 5.75 Å². The number of esters is 1. The lowest BCUT2D eigenvalue weighted by atomic mass is 10.2. The molecule has 170 valence electrons. The van der Waals surface area contributed by atoms with Gasteiger partial charge in [0.25, 0.3) is 0 Å². The highest BCUT2D eigenvalue weighted by Gasteiger charge is 2.40. The number of hydrogen-bond acceptors (Lipinski definition) is 4. The molecule has 0 bridgehead atoms. The largest absolute Gasteiger partial charge is 0.489 e. The summed E-state index contributed by atoms with van der Waals surface area (Å²) in [6.45, 7) is 2.09. The van der Waals surface area contributed by atoms with Crippen molar-refractivity contribution in [2.45, 2.75) is 57.9 Å². The van der Waals surface area contributed by atoms with Gasteiger partial charge in [0, 0.05) is 13.0 Å². The van der Waals surface area contributed by atoms with Gasteiger partial charge in [-0.2, -0.15) is 13.2 Å². The van der Waals surface area contributed by atoms with Gasteiger partial charge in [-0.15, -0.1) is 0 Å². The molecule has 0 saturated heterocycles. The van der Waals surface area contributed by atoms with Gasteiger partial charge in [0.1, 0.15) is 12.4 Å². The van der Waals surface area contributed by atoms with Crippen molar-refractivity contribution in [3.05, 3.63) is 65.7 Å². The maximum Gasteiger partial charge on any atom is 0.414 e. The lowest BCUT2D eigenvalue weighted by Gasteiger charge is -2.20. The average Bonchev–Trinajstić information content (AvgIpc) is 2.76. The van der Waals surface area contributed by atoms with Gasteiger partial charge in [-0.3, -0.25) is 0 Å². The molecule has 0 aliphatic rings. The van der Waals surface area contributed by atoms with Crippen molar-refractivity contribution in [2.75, 3.05) is 13.2 Å². The third kappa shape index (κ3) is 9.42. The molecular weight excluding hydrogens is 409 g/mol. The lowest BCUT2D eigenvalue weighted by Crippen LogP contribution is -2.33. The normalized spacial score (nSPS) is 12.4. The molecule has 0 aromatic heterocycles. The molecular formula is C24H29F3O4. The van der Waals surface area contributed by atoms with Crippen molar-refractivity contribution >= 4 is 5.97 Å². The summed E-state index contributed by atoms with van der Waals surface area (Å²) < 4.78 is 54.9. The van der Waals surface area contributed by atoms with Crippen LogP contribution in [0.1, 0.15) is 54.9 Å². The number of halogens is 3. The van der Waals surface area contributed by atoms with Crippen molar-refractivity contribution in [1.29, 1.82) is 0 Å². The predicted octanol–water partition coefficient (Wildman–Crippen LogP) is 6.34. The van der Waals surface area contributed by atoms with Gasteiger partial charge in [0.2, 0.25) is 0 Å². The van der Waals surface area contributed by atoms with Crippen LogP contribution in [-0.4, -0.2) is 31.5 Å². The zero-order chi connectivity index (χ0) is 22.5. The monoisotopic (exact) mass is 438 g/mol. The second-order valence-corrected chi connectivity index (χ2v) is 7.18. The van der Waals surface area contributed by atoms with Crippen LogP contribution in [0.25, 0.3) is 0 Å². The number of rotatable bonds is 13. The molecule has 31 heavy (non-hydrogen) atoms. The van der Waals surface area contributed by atoms with E-state index < -0.39 is 24.7 Å². The third-order valence-electron chi connectivity index (χ3n) is 4.63. The van der Waals surface area contributed by atoms with Crippen LogP contribution in [0, 0.1) is 0 Å². The molecule has 0 heterocycles. The molecule has 2 rings (SSSR count).